The van der Waals surface area contributed by atoms with Crippen LogP contribution in [0.25, 0.3) is 6.08 Å². The van der Waals surface area contributed by atoms with Gasteiger partial charge in [-0.3, -0.25) is 0 Å². The molecule has 0 bridgehead atoms. The van der Waals surface area contributed by atoms with Crippen molar-refractivity contribution in [3.05, 3.63) is 71.8 Å². The summed E-state index contributed by atoms with van der Waals surface area (Å²) in [6.07, 6.45) is 2.93. The Morgan fingerprint density at radius 1 is 1.09 bits per heavy atom. The molecule has 5 nitrogen and oxygen atoms in total. The fourth-order valence-corrected chi connectivity index (χ4v) is 1.67. The summed E-state index contributed by atoms with van der Waals surface area (Å²) < 4.78 is 5.05. The lowest BCUT2D eigenvalue weighted by atomic mass is 10.2. The van der Waals surface area contributed by atoms with E-state index in [0.29, 0.717) is 11.3 Å². The predicted octanol–water partition coefficient (Wildman–Crippen LogP) is 2.57. The normalized spacial score (nSPS) is 11.4. The van der Waals surface area contributed by atoms with E-state index in [4.69, 9.17) is 15.3 Å². The van der Waals surface area contributed by atoms with Gasteiger partial charge < -0.3 is 15.3 Å². The first kappa shape index (κ1) is 15.3. The fraction of sp³-hybridized carbons (Fsp3) is 0.0588. The lowest BCUT2D eigenvalue weighted by molar-refractivity contribution is -0.137. The second-order valence-corrected chi connectivity index (χ2v) is 4.36. The van der Waals surface area contributed by atoms with Gasteiger partial charge in [0.2, 0.25) is 0 Å². The molecule has 0 fully saturated rings. The van der Waals surface area contributed by atoms with Crippen LogP contribution >= 0.6 is 0 Å². The van der Waals surface area contributed by atoms with Crippen molar-refractivity contribution in [3.8, 4) is 5.75 Å². The van der Waals surface area contributed by atoms with Crippen molar-refractivity contribution in [3.63, 3.8) is 0 Å². The second kappa shape index (κ2) is 7.64. The first-order valence-electron chi connectivity index (χ1n) is 6.61. The summed E-state index contributed by atoms with van der Waals surface area (Å²) in [5.74, 6) is 0.226. The molecule has 0 amide bonds. The Labute approximate surface area is 128 Å². The molecule has 0 saturated heterocycles. The van der Waals surface area contributed by atoms with Crippen molar-refractivity contribution in [1.29, 1.82) is 0 Å². The van der Waals surface area contributed by atoms with Crippen LogP contribution in [0, 0.1) is 0 Å². The van der Waals surface area contributed by atoms with Crippen LogP contribution < -0.4 is 10.5 Å². The molecule has 0 aliphatic heterocycles. The molecule has 2 rings (SSSR count). The minimum Gasteiger partial charge on any atom is -0.497 e. The number of carbonyl (C=O) groups excluding carboxylic acids is 1. The summed E-state index contributed by atoms with van der Waals surface area (Å²) in [4.78, 5) is 16.3. The molecule has 0 aliphatic rings. The zero-order chi connectivity index (χ0) is 15.8. The number of hydrogen-bond donors (Lipinski definition) is 1. The molecule has 0 unspecified atom stereocenters. The zero-order valence-electron chi connectivity index (χ0n) is 12.1. The maximum absolute atomic E-state index is 11.6. The number of nitrogens with zero attached hydrogens (tertiary/aromatic N) is 1. The zero-order valence-corrected chi connectivity index (χ0v) is 12.1. The molecule has 0 heterocycles. The lowest BCUT2D eigenvalue weighted by Crippen LogP contribution is -2.14. The van der Waals surface area contributed by atoms with E-state index in [9.17, 15) is 4.79 Å². The molecule has 2 aromatic rings. The highest BCUT2D eigenvalue weighted by Crippen LogP contribution is 2.11. The number of rotatable bonds is 5. The van der Waals surface area contributed by atoms with E-state index < -0.39 is 5.97 Å². The third kappa shape index (κ3) is 4.49. The molecule has 0 saturated carbocycles. The van der Waals surface area contributed by atoms with E-state index >= 15 is 0 Å². The second-order valence-electron chi connectivity index (χ2n) is 4.36. The van der Waals surface area contributed by atoms with Gasteiger partial charge in [-0.15, -0.1) is 0 Å². The predicted molar refractivity (Wildman–Crippen MR) is 85.3 cm³/mol. The van der Waals surface area contributed by atoms with E-state index in [1.807, 2.05) is 30.3 Å². The number of ether oxygens (including phenoxy) is 1. The monoisotopic (exact) mass is 296 g/mol. The largest absolute Gasteiger partial charge is 0.497 e. The maximum Gasteiger partial charge on any atom is 0.358 e. The molecule has 2 aromatic carbocycles. The molecule has 0 aromatic heterocycles. The number of nitrogens with two attached hydrogens (primary N) is 1. The van der Waals surface area contributed by atoms with Gasteiger partial charge in [-0.25, -0.2) is 4.79 Å². The van der Waals surface area contributed by atoms with Gasteiger partial charge in [0, 0.05) is 11.6 Å². The molecule has 112 valence electrons. The van der Waals surface area contributed by atoms with Crippen LogP contribution in [-0.2, 0) is 9.63 Å². The molecule has 5 heteroatoms. The van der Waals surface area contributed by atoms with Crippen LogP contribution in [0.2, 0.25) is 0 Å². The Hall–Kier alpha value is -3.08. The summed E-state index contributed by atoms with van der Waals surface area (Å²) in [5.41, 5.74) is 7.28. The van der Waals surface area contributed by atoms with Gasteiger partial charge in [0.25, 0.3) is 0 Å². The van der Waals surface area contributed by atoms with Gasteiger partial charge in [0.1, 0.15) is 5.75 Å². The summed E-state index contributed by atoms with van der Waals surface area (Å²) in [6, 6.07) is 16.4. The number of amidine groups is 1. The topological polar surface area (TPSA) is 73.9 Å². The average molecular weight is 296 g/mol. The standard InChI is InChI=1S/C17H16N2O3/c1-21-15-10-8-14(9-11-15)17(18)19-22-16(20)12-7-13-5-3-2-4-6-13/h2-12H,1H3,(H2,18,19). The van der Waals surface area contributed by atoms with E-state index in [1.165, 1.54) is 6.08 Å². The third-order valence-corrected chi connectivity index (χ3v) is 2.83. The minimum atomic E-state index is -0.597. The van der Waals surface area contributed by atoms with Crippen LogP contribution in [0.1, 0.15) is 11.1 Å². The molecule has 2 N–H and O–H groups in total. The SMILES string of the molecule is COc1ccc(/C(N)=N/OC(=O)C=Cc2ccccc2)cc1. The van der Waals surface area contributed by atoms with Crippen LogP contribution in [-0.4, -0.2) is 18.9 Å². The summed E-state index contributed by atoms with van der Waals surface area (Å²) in [5, 5.41) is 3.61. The number of benzene rings is 2. The van der Waals surface area contributed by atoms with Gasteiger partial charge in [-0.1, -0.05) is 35.5 Å². The highest BCUT2D eigenvalue weighted by Gasteiger charge is 2.02. The minimum absolute atomic E-state index is 0.115. The summed E-state index contributed by atoms with van der Waals surface area (Å²) >= 11 is 0. The van der Waals surface area contributed by atoms with Crippen LogP contribution in [0.15, 0.2) is 65.8 Å². The van der Waals surface area contributed by atoms with Crippen molar-refractivity contribution in [1.82, 2.24) is 0 Å². The molecule has 0 atom stereocenters. The van der Waals surface area contributed by atoms with Crippen molar-refractivity contribution in [2.45, 2.75) is 0 Å². The van der Waals surface area contributed by atoms with Crippen molar-refractivity contribution >= 4 is 17.9 Å². The number of methoxy groups -OCH3 is 1. The van der Waals surface area contributed by atoms with E-state index in [1.54, 1.807) is 37.5 Å². The fourth-order valence-electron chi connectivity index (χ4n) is 1.67. The summed E-state index contributed by atoms with van der Waals surface area (Å²) in [7, 11) is 1.58. The molecular formula is C17H16N2O3. The van der Waals surface area contributed by atoms with E-state index in [2.05, 4.69) is 5.16 Å². The molecule has 0 aliphatic carbocycles. The first-order chi connectivity index (χ1) is 10.7. The maximum atomic E-state index is 11.6. The van der Waals surface area contributed by atoms with Crippen LogP contribution in [0.3, 0.4) is 0 Å². The molecule has 0 spiro atoms. The Bertz CT molecular complexity index is 677. The van der Waals surface area contributed by atoms with Crippen LogP contribution in [0.4, 0.5) is 0 Å². The lowest BCUT2D eigenvalue weighted by Gasteiger charge is -2.02. The number of oxime groups is 1. The molecule has 22 heavy (non-hydrogen) atoms. The number of carbonyl (C=O) groups is 1. The van der Waals surface area contributed by atoms with Gasteiger partial charge >= 0.3 is 5.97 Å². The smallest absolute Gasteiger partial charge is 0.358 e. The quantitative estimate of drug-likeness (QED) is 0.302. The van der Waals surface area contributed by atoms with Crippen LogP contribution in [0.5, 0.6) is 5.75 Å². The third-order valence-electron chi connectivity index (χ3n) is 2.83. The summed E-state index contributed by atoms with van der Waals surface area (Å²) in [6.45, 7) is 0. The van der Waals surface area contributed by atoms with Gasteiger partial charge in [0.05, 0.1) is 7.11 Å². The highest BCUT2D eigenvalue weighted by atomic mass is 16.7. The Morgan fingerprint density at radius 3 is 2.41 bits per heavy atom. The highest BCUT2D eigenvalue weighted by molar-refractivity contribution is 5.98. The molecule has 0 radical (unpaired) electrons. The molecular weight excluding hydrogens is 280 g/mol. The Kier molecular flexibility index (Phi) is 5.31. The number of hydrogen-bond acceptors (Lipinski definition) is 4. The van der Waals surface area contributed by atoms with Crippen molar-refractivity contribution in [2.75, 3.05) is 7.11 Å². The van der Waals surface area contributed by atoms with E-state index in [-0.39, 0.29) is 5.84 Å². The first-order valence-corrected chi connectivity index (χ1v) is 6.61. The Balaban J connectivity index is 1.95. The van der Waals surface area contributed by atoms with Gasteiger partial charge in [0.15, 0.2) is 5.84 Å². The van der Waals surface area contributed by atoms with Crippen molar-refractivity contribution in [2.24, 2.45) is 10.9 Å². The van der Waals surface area contributed by atoms with E-state index in [0.717, 1.165) is 5.56 Å². The van der Waals surface area contributed by atoms with Gasteiger partial charge in [-0.2, -0.15) is 0 Å². The average Bonchev–Trinajstić information content (AvgIpc) is 2.58. The van der Waals surface area contributed by atoms with Crippen molar-refractivity contribution < 1.29 is 14.4 Å². The van der Waals surface area contributed by atoms with Gasteiger partial charge in [-0.05, 0) is 35.9 Å². The Morgan fingerprint density at radius 2 is 1.77 bits per heavy atom.